The number of hydrogen-bond acceptors (Lipinski definition) is 2. The molecule has 0 saturated carbocycles. The van der Waals surface area contributed by atoms with Crippen LogP contribution in [0.15, 0.2) is 41.1 Å². The Morgan fingerprint density at radius 1 is 1.29 bits per heavy atom. The molecule has 0 aliphatic rings. The SMILES string of the molecule is Cc1cncc(CNc2cc(Cl)ccc2Br)c1. The molecule has 0 saturated heterocycles. The van der Waals surface area contributed by atoms with Gasteiger partial charge in [-0.3, -0.25) is 4.98 Å². The van der Waals surface area contributed by atoms with Crippen LogP contribution < -0.4 is 5.32 Å². The largest absolute Gasteiger partial charge is 0.380 e. The minimum atomic E-state index is 0.720. The summed E-state index contributed by atoms with van der Waals surface area (Å²) >= 11 is 9.43. The molecule has 0 aliphatic heterocycles. The van der Waals surface area contributed by atoms with Crippen LogP contribution in [0.1, 0.15) is 11.1 Å². The first-order valence-electron chi connectivity index (χ1n) is 5.24. The van der Waals surface area contributed by atoms with Crippen LogP contribution in [0.3, 0.4) is 0 Å². The van der Waals surface area contributed by atoms with Crippen LogP contribution in [0.4, 0.5) is 5.69 Å². The van der Waals surface area contributed by atoms with E-state index in [1.165, 1.54) is 0 Å². The fourth-order valence-electron chi connectivity index (χ4n) is 1.54. The van der Waals surface area contributed by atoms with E-state index in [4.69, 9.17) is 11.6 Å². The van der Waals surface area contributed by atoms with Crippen molar-refractivity contribution in [2.45, 2.75) is 13.5 Å². The topological polar surface area (TPSA) is 24.9 Å². The van der Waals surface area contributed by atoms with E-state index in [1.807, 2.05) is 37.5 Å². The Kier molecular flexibility index (Phi) is 4.02. The Morgan fingerprint density at radius 3 is 2.88 bits per heavy atom. The van der Waals surface area contributed by atoms with E-state index in [0.717, 1.165) is 32.9 Å². The van der Waals surface area contributed by atoms with Crippen molar-refractivity contribution in [3.63, 3.8) is 0 Å². The molecule has 2 nitrogen and oxygen atoms in total. The first-order chi connectivity index (χ1) is 8.15. The summed E-state index contributed by atoms with van der Waals surface area (Å²) < 4.78 is 1.00. The van der Waals surface area contributed by atoms with E-state index >= 15 is 0 Å². The van der Waals surface area contributed by atoms with Crippen LogP contribution in [-0.2, 0) is 6.54 Å². The zero-order valence-corrected chi connectivity index (χ0v) is 11.7. The summed E-state index contributed by atoms with van der Waals surface area (Å²) in [5.41, 5.74) is 3.30. The van der Waals surface area contributed by atoms with Crippen molar-refractivity contribution < 1.29 is 0 Å². The van der Waals surface area contributed by atoms with Gasteiger partial charge in [-0.05, 0) is 52.2 Å². The van der Waals surface area contributed by atoms with E-state index in [9.17, 15) is 0 Å². The van der Waals surface area contributed by atoms with Crippen LogP contribution in [0.5, 0.6) is 0 Å². The maximum atomic E-state index is 5.95. The van der Waals surface area contributed by atoms with Crippen molar-refractivity contribution in [2.75, 3.05) is 5.32 Å². The van der Waals surface area contributed by atoms with Crippen LogP contribution in [0, 0.1) is 6.92 Å². The minimum absolute atomic E-state index is 0.720. The molecule has 88 valence electrons. The van der Waals surface area contributed by atoms with E-state index < -0.39 is 0 Å². The lowest BCUT2D eigenvalue weighted by atomic mass is 10.2. The van der Waals surface area contributed by atoms with Gasteiger partial charge in [-0.1, -0.05) is 17.7 Å². The fraction of sp³-hybridized carbons (Fsp3) is 0.154. The molecular weight excluding hydrogens is 300 g/mol. The van der Waals surface area contributed by atoms with Gasteiger partial charge in [0.05, 0.1) is 5.69 Å². The molecular formula is C13H12BrClN2. The van der Waals surface area contributed by atoms with Gasteiger partial charge in [0.2, 0.25) is 0 Å². The second-order valence-electron chi connectivity index (χ2n) is 3.85. The number of hydrogen-bond donors (Lipinski definition) is 1. The number of benzene rings is 1. The van der Waals surface area contributed by atoms with Gasteiger partial charge in [-0.25, -0.2) is 0 Å². The molecule has 0 atom stereocenters. The molecule has 1 heterocycles. The molecule has 0 aliphatic carbocycles. The summed E-state index contributed by atoms with van der Waals surface area (Å²) in [6.45, 7) is 2.76. The van der Waals surface area contributed by atoms with E-state index in [1.54, 1.807) is 0 Å². The van der Waals surface area contributed by atoms with Crippen LogP contribution in [0.25, 0.3) is 0 Å². The van der Waals surface area contributed by atoms with Crippen molar-refractivity contribution >= 4 is 33.2 Å². The molecule has 17 heavy (non-hydrogen) atoms. The molecule has 1 aromatic carbocycles. The summed E-state index contributed by atoms with van der Waals surface area (Å²) in [6.07, 6.45) is 3.71. The molecule has 1 N–H and O–H groups in total. The molecule has 2 rings (SSSR count). The Morgan fingerprint density at radius 2 is 2.12 bits per heavy atom. The van der Waals surface area contributed by atoms with Crippen LogP contribution in [-0.4, -0.2) is 4.98 Å². The maximum Gasteiger partial charge on any atom is 0.0502 e. The van der Waals surface area contributed by atoms with E-state index in [0.29, 0.717) is 0 Å². The molecule has 0 amide bonds. The first kappa shape index (κ1) is 12.4. The highest BCUT2D eigenvalue weighted by atomic mass is 79.9. The number of aryl methyl sites for hydroxylation is 1. The number of nitrogens with zero attached hydrogens (tertiary/aromatic N) is 1. The van der Waals surface area contributed by atoms with Gasteiger partial charge >= 0.3 is 0 Å². The second kappa shape index (κ2) is 5.52. The molecule has 0 fully saturated rings. The quantitative estimate of drug-likeness (QED) is 0.907. The highest BCUT2D eigenvalue weighted by Crippen LogP contribution is 2.26. The van der Waals surface area contributed by atoms with Gasteiger partial charge in [0, 0.05) is 28.4 Å². The summed E-state index contributed by atoms with van der Waals surface area (Å²) in [6, 6.07) is 7.79. The van der Waals surface area contributed by atoms with Gasteiger partial charge in [0.1, 0.15) is 0 Å². The van der Waals surface area contributed by atoms with E-state index in [2.05, 4.69) is 32.3 Å². The Labute approximate surface area is 114 Å². The normalized spacial score (nSPS) is 10.3. The molecule has 4 heteroatoms. The monoisotopic (exact) mass is 310 g/mol. The molecule has 2 aromatic rings. The molecule has 0 radical (unpaired) electrons. The highest BCUT2D eigenvalue weighted by Gasteiger charge is 2.01. The van der Waals surface area contributed by atoms with Gasteiger partial charge in [0.15, 0.2) is 0 Å². The van der Waals surface area contributed by atoms with Gasteiger partial charge < -0.3 is 5.32 Å². The highest BCUT2D eigenvalue weighted by molar-refractivity contribution is 9.10. The fourth-order valence-corrected chi connectivity index (χ4v) is 2.10. The summed E-state index contributed by atoms with van der Waals surface area (Å²) in [5, 5.41) is 4.05. The van der Waals surface area contributed by atoms with Crippen molar-refractivity contribution in [1.82, 2.24) is 4.98 Å². The van der Waals surface area contributed by atoms with Gasteiger partial charge in [-0.15, -0.1) is 0 Å². The summed E-state index contributed by atoms with van der Waals surface area (Å²) in [7, 11) is 0. The third kappa shape index (κ3) is 3.45. The van der Waals surface area contributed by atoms with Gasteiger partial charge in [0.25, 0.3) is 0 Å². The zero-order valence-electron chi connectivity index (χ0n) is 9.37. The molecule has 0 unspecified atom stereocenters. The Balaban J connectivity index is 2.09. The zero-order chi connectivity index (χ0) is 12.3. The maximum absolute atomic E-state index is 5.95. The lowest BCUT2D eigenvalue weighted by molar-refractivity contribution is 1.10. The average Bonchev–Trinajstić information content (AvgIpc) is 2.30. The smallest absolute Gasteiger partial charge is 0.0502 e. The van der Waals surface area contributed by atoms with Gasteiger partial charge in [-0.2, -0.15) is 0 Å². The van der Waals surface area contributed by atoms with Crippen molar-refractivity contribution in [2.24, 2.45) is 0 Å². The molecule has 1 aromatic heterocycles. The average molecular weight is 312 g/mol. The standard InChI is InChI=1S/C13H12BrClN2/c1-9-4-10(7-16-6-9)8-17-13-5-11(15)2-3-12(13)14/h2-7,17H,8H2,1H3. The molecule has 0 spiro atoms. The third-order valence-electron chi connectivity index (χ3n) is 2.34. The van der Waals surface area contributed by atoms with Crippen molar-refractivity contribution in [3.05, 3.63) is 57.3 Å². The Hall–Kier alpha value is -1.06. The number of nitrogens with one attached hydrogen (secondary N) is 1. The van der Waals surface area contributed by atoms with Crippen molar-refractivity contribution in [1.29, 1.82) is 0 Å². The first-order valence-corrected chi connectivity index (χ1v) is 6.42. The second-order valence-corrected chi connectivity index (χ2v) is 5.14. The third-order valence-corrected chi connectivity index (χ3v) is 3.27. The summed E-state index contributed by atoms with van der Waals surface area (Å²) in [4.78, 5) is 4.16. The number of pyridine rings is 1. The lowest BCUT2D eigenvalue weighted by Crippen LogP contribution is -2.00. The number of anilines is 1. The van der Waals surface area contributed by atoms with E-state index in [-0.39, 0.29) is 0 Å². The van der Waals surface area contributed by atoms with Crippen LogP contribution >= 0.6 is 27.5 Å². The predicted octanol–water partition coefficient (Wildman–Crippen LogP) is 4.42. The number of aromatic nitrogens is 1. The number of rotatable bonds is 3. The predicted molar refractivity (Wildman–Crippen MR) is 75.5 cm³/mol. The van der Waals surface area contributed by atoms with Crippen molar-refractivity contribution in [3.8, 4) is 0 Å². The summed E-state index contributed by atoms with van der Waals surface area (Å²) in [5.74, 6) is 0. The minimum Gasteiger partial charge on any atom is -0.380 e. The lowest BCUT2D eigenvalue weighted by Gasteiger charge is -2.09. The number of halogens is 2. The molecule has 0 bridgehead atoms. The Bertz CT molecular complexity index is 529. The van der Waals surface area contributed by atoms with Crippen LogP contribution in [0.2, 0.25) is 5.02 Å².